The maximum atomic E-state index is 5.82. The Labute approximate surface area is 130 Å². The molecule has 0 aromatic carbocycles. The molecule has 0 aliphatic carbocycles. The van der Waals surface area contributed by atoms with E-state index in [9.17, 15) is 0 Å². The number of hydrogen-bond acceptors (Lipinski definition) is 3. The van der Waals surface area contributed by atoms with Crippen molar-refractivity contribution in [1.29, 1.82) is 0 Å². The van der Waals surface area contributed by atoms with Crippen molar-refractivity contribution in [3.63, 3.8) is 0 Å². The number of ether oxygens (including phenoxy) is 1. The van der Waals surface area contributed by atoms with E-state index in [0.717, 1.165) is 42.6 Å². The molecule has 1 aromatic rings. The Balaban J connectivity index is 1.81. The van der Waals surface area contributed by atoms with Gasteiger partial charge in [-0.2, -0.15) is 0 Å². The fourth-order valence-corrected chi connectivity index (χ4v) is 3.00. The van der Waals surface area contributed by atoms with Crippen LogP contribution in [0.1, 0.15) is 44.7 Å². The number of likely N-dealkylation sites (N-methyl/N-ethyl adjacent to an activating group) is 1. The number of nitrogens with one attached hydrogen (secondary N) is 1. The lowest BCUT2D eigenvalue weighted by atomic mass is 9.99. The van der Waals surface area contributed by atoms with Crippen LogP contribution in [0, 0.1) is 0 Å². The standard InChI is InChI=1S/C16H25BrN2O/c1-2-18-14(8-9-16-5-3-4-10-20-16)11-15-7-6-13(17)12-19-15/h6-7,12,14,16,18H,2-5,8-11H2,1H3. The summed E-state index contributed by atoms with van der Waals surface area (Å²) in [6, 6.07) is 4.67. The zero-order chi connectivity index (χ0) is 14.2. The molecule has 0 radical (unpaired) electrons. The summed E-state index contributed by atoms with van der Waals surface area (Å²) in [5, 5.41) is 3.58. The average Bonchev–Trinajstić information content (AvgIpc) is 2.48. The van der Waals surface area contributed by atoms with Crippen LogP contribution < -0.4 is 5.32 Å². The van der Waals surface area contributed by atoms with E-state index in [1.54, 1.807) is 0 Å². The highest BCUT2D eigenvalue weighted by atomic mass is 79.9. The third-order valence-electron chi connectivity index (χ3n) is 3.85. The van der Waals surface area contributed by atoms with Gasteiger partial charge in [-0.15, -0.1) is 0 Å². The molecule has 2 heterocycles. The highest BCUT2D eigenvalue weighted by Gasteiger charge is 2.17. The van der Waals surface area contributed by atoms with E-state index >= 15 is 0 Å². The first-order valence-corrected chi connectivity index (χ1v) is 8.52. The largest absolute Gasteiger partial charge is 0.378 e. The molecule has 1 saturated heterocycles. The first-order valence-electron chi connectivity index (χ1n) is 7.73. The Morgan fingerprint density at radius 2 is 2.35 bits per heavy atom. The van der Waals surface area contributed by atoms with Gasteiger partial charge in [0.25, 0.3) is 0 Å². The highest BCUT2D eigenvalue weighted by Crippen LogP contribution is 2.19. The molecule has 2 unspecified atom stereocenters. The minimum absolute atomic E-state index is 0.475. The summed E-state index contributed by atoms with van der Waals surface area (Å²) in [5.41, 5.74) is 1.16. The molecule has 1 aliphatic heterocycles. The zero-order valence-corrected chi connectivity index (χ0v) is 13.9. The van der Waals surface area contributed by atoms with Gasteiger partial charge >= 0.3 is 0 Å². The van der Waals surface area contributed by atoms with Gasteiger partial charge in [-0.25, -0.2) is 0 Å². The summed E-state index contributed by atoms with van der Waals surface area (Å²) in [6.07, 6.45) is 9.46. The quantitative estimate of drug-likeness (QED) is 0.821. The monoisotopic (exact) mass is 340 g/mol. The van der Waals surface area contributed by atoms with Crippen LogP contribution in [0.4, 0.5) is 0 Å². The molecule has 20 heavy (non-hydrogen) atoms. The normalized spacial score (nSPS) is 20.8. The molecule has 2 rings (SSSR count). The highest BCUT2D eigenvalue weighted by molar-refractivity contribution is 9.10. The van der Waals surface area contributed by atoms with E-state index in [4.69, 9.17) is 4.74 Å². The molecule has 1 N–H and O–H groups in total. The Hall–Kier alpha value is -0.450. The van der Waals surface area contributed by atoms with Crippen LogP contribution in [0.2, 0.25) is 0 Å². The van der Waals surface area contributed by atoms with Crippen LogP contribution in [0.5, 0.6) is 0 Å². The fraction of sp³-hybridized carbons (Fsp3) is 0.688. The van der Waals surface area contributed by atoms with Crippen molar-refractivity contribution >= 4 is 15.9 Å². The lowest BCUT2D eigenvalue weighted by Gasteiger charge is -2.25. The van der Waals surface area contributed by atoms with Gasteiger partial charge < -0.3 is 10.1 Å². The number of hydrogen-bond donors (Lipinski definition) is 1. The Morgan fingerprint density at radius 3 is 3.00 bits per heavy atom. The Bertz CT molecular complexity index is 377. The molecule has 0 spiro atoms. The third kappa shape index (κ3) is 5.51. The average molecular weight is 341 g/mol. The molecule has 0 amide bonds. The van der Waals surface area contributed by atoms with Crippen molar-refractivity contribution < 1.29 is 4.74 Å². The van der Waals surface area contributed by atoms with Crippen molar-refractivity contribution in [2.45, 2.75) is 57.6 Å². The van der Waals surface area contributed by atoms with Crippen LogP contribution in [0.15, 0.2) is 22.8 Å². The first-order chi connectivity index (χ1) is 9.78. The molecule has 2 atom stereocenters. The molecule has 3 nitrogen and oxygen atoms in total. The molecule has 4 heteroatoms. The maximum Gasteiger partial charge on any atom is 0.0575 e. The second-order valence-electron chi connectivity index (χ2n) is 5.49. The van der Waals surface area contributed by atoms with Crippen LogP contribution in [-0.2, 0) is 11.2 Å². The molecule has 1 aliphatic rings. The van der Waals surface area contributed by atoms with Crippen LogP contribution >= 0.6 is 15.9 Å². The van der Waals surface area contributed by atoms with Crippen LogP contribution in [-0.4, -0.2) is 30.3 Å². The van der Waals surface area contributed by atoms with Gasteiger partial charge in [-0.1, -0.05) is 6.92 Å². The van der Waals surface area contributed by atoms with E-state index in [1.165, 1.54) is 19.3 Å². The predicted molar refractivity (Wildman–Crippen MR) is 85.9 cm³/mol. The maximum absolute atomic E-state index is 5.82. The van der Waals surface area contributed by atoms with Gasteiger partial charge in [0.05, 0.1) is 6.10 Å². The third-order valence-corrected chi connectivity index (χ3v) is 4.32. The Morgan fingerprint density at radius 1 is 1.45 bits per heavy atom. The first kappa shape index (κ1) is 15.9. The molecular formula is C16H25BrN2O. The van der Waals surface area contributed by atoms with E-state index in [1.807, 2.05) is 6.20 Å². The SMILES string of the molecule is CCNC(CCC1CCCCO1)Cc1ccc(Br)cn1. The van der Waals surface area contributed by atoms with Crippen molar-refractivity contribution in [3.8, 4) is 0 Å². The topological polar surface area (TPSA) is 34.1 Å². The lowest BCUT2D eigenvalue weighted by Crippen LogP contribution is -2.33. The Kier molecular flexibility index (Phi) is 6.97. The lowest BCUT2D eigenvalue weighted by molar-refractivity contribution is 0.00859. The fourth-order valence-electron chi connectivity index (χ4n) is 2.77. The molecular weight excluding hydrogens is 316 g/mol. The number of halogens is 1. The molecule has 112 valence electrons. The smallest absolute Gasteiger partial charge is 0.0575 e. The van der Waals surface area contributed by atoms with E-state index in [0.29, 0.717) is 12.1 Å². The van der Waals surface area contributed by atoms with Crippen LogP contribution in [0.25, 0.3) is 0 Å². The number of aromatic nitrogens is 1. The molecule has 0 bridgehead atoms. The van der Waals surface area contributed by atoms with E-state index in [-0.39, 0.29) is 0 Å². The van der Waals surface area contributed by atoms with Crippen LogP contribution in [0.3, 0.4) is 0 Å². The summed E-state index contributed by atoms with van der Waals surface area (Å²) in [7, 11) is 0. The zero-order valence-electron chi connectivity index (χ0n) is 12.3. The predicted octanol–water partition coefficient (Wildman–Crippen LogP) is 3.71. The second-order valence-corrected chi connectivity index (χ2v) is 6.41. The van der Waals surface area contributed by atoms with Gasteiger partial charge in [0, 0.05) is 35.4 Å². The molecule has 1 aromatic heterocycles. The van der Waals surface area contributed by atoms with Crippen molar-refractivity contribution in [2.75, 3.05) is 13.2 Å². The van der Waals surface area contributed by atoms with Gasteiger partial charge in [0.2, 0.25) is 0 Å². The van der Waals surface area contributed by atoms with Gasteiger partial charge in [0.15, 0.2) is 0 Å². The molecule has 0 saturated carbocycles. The summed E-state index contributed by atoms with van der Waals surface area (Å²) < 4.78 is 6.86. The minimum atomic E-state index is 0.475. The number of pyridine rings is 1. The number of nitrogens with zero attached hydrogens (tertiary/aromatic N) is 1. The van der Waals surface area contributed by atoms with E-state index in [2.05, 4.69) is 45.3 Å². The summed E-state index contributed by atoms with van der Waals surface area (Å²) >= 11 is 3.43. The minimum Gasteiger partial charge on any atom is -0.378 e. The number of rotatable bonds is 7. The summed E-state index contributed by atoms with van der Waals surface area (Å²) in [5.74, 6) is 0. The van der Waals surface area contributed by atoms with E-state index < -0.39 is 0 Å². The van der Waals surface area contributed by atoms with Crippen molar-refractivity contribution in [3.05, 3.63) is 28.5 Å². The summed E-state index contributed by atoms with van der Waals surface area (Å²) in [4.78, 5) is 4.48. The van der Waals surface area contributed by atoms with Gasteiger partial charge in [-0.3, -0.25) is 4.98 Å². The summed E-state index contributed by atoms with van der Waals surface area (Å²) in [6.45, 7) is 4.12. The van der Waals surface area contributed by atoms with Crippen molar-refractivity contribution in [2.24, 2.45) is 0 Å². The van der Waals surface area contributed by atoms with Gasteiger partial charge in [-0.05, 0) is 66.7 Å². The van der Waals surface area contributed by atoms with Gasteiger partial charge in [0.1, 0.15) is 0 Å². The molecule has 1 fully saturated rings. The van der Waals surface area contributed by atoms with Crippen molar-refractivity contribution in [1.82, 2.24) is 10.3 Å². The second kappa shape index (κ2) is 8.75.